The van der Waals surface area contributed by atoms with Crippen molar-refractivity contribution in [3.05, 3.63) is 53.4 Å². The molecule has 3 rings (SSSR count). The van der Waals surface area contributed by atoms with Crippen LogP contribution >= 0.6 is 11.6 Å². The molecule has 1 amide bonds. The summed E-state index contributed by atoms with van der Waals surface area (Å²) >= 11 is 5.87. The Labute approximate surface area is 161 Å². The second kappa shape index (κ2) is 8.55. The van der Waals surface area contributed by atoms with Crippen molar-refractivity contribution in [2.45, 2.75) is 12.8 Å². The van der Waals surface area contributed by atoms with Crippen molar-refractivity contribution in [3.8, 4) is 22.9 Å². The number of hydrogen-bond donors (Lipinski definition) is 1. The number of aryl methyl sites for hydroxylation is 1. The van der Waals surface area contributed by atoms with Crippen LogP contribution in [-0.4, -0.2) is 30.3 Å². The van der Waals surface area contributed by atoms with Crippen LogP contribution in [0.3, 0.4) is 0 Å². The number of ether oxygens (including phenoxy) is 2. The lowest BCUT2D eigenvalue weighted by Crippen LogP contribution is -2.13. The molecule has 0 spiro atoms. The van der Waals surface area contributed by atoms with Crippen LogP contribution in [0.25, 0.3) is 11.4 Å². The largest absolute Gasteiger partial charge is 0.497 e. The van der Waals surface area contributed by atoms with Gasteiger partial charge in [-0.25, -0.2) is 0 Å². The average molecular weight is 388 g/mol. The topological polar surface area (TPSA) is 86.5 Å². The molecule has 8 heteroatoms. The second-order valence-corrected chi connectivity index (χ2v) is 6.07. The van der Waals surface area contributed by atoms with Gasteiger partial charge in [0.05, 0.1) is 19.9 Å². The zero-order valence-corrected chi connectivity index (χ0v) is 15.6. The van der Waals surface area contributed by atoms with Crippen LogP contribution in [0.1, 0.15) is 12.3 Å². The molecule has 27 heavy (non-hydrogen) atoms. The molecule has 0 aliphatic heterocycles. The maximum atomic E-state index is 12.3. The Balaban J connectivity index is 1.61. The van der Waals surface area contributed by atoms with Crippen molar-refractivity contribution in [1.29, 1.82) is 0 Å². The van der Waals surface area contributed by atoms with Crippen LogP contribution in [0.4, 0.5) is 5.69 Å². The van der Waals surface area contributed by atoms with Crippen LogP contribution in [0.2, 0.25) is 5.02 Å². The second-order valence-electron chi connectivity index (χ2n) is 5.63. The molecule has 0 radical (unpaired) electrons. The van der Waals surface area contributed by atoms with Gasteiger partial charge in [-0.2, -0.15) is 4.98 Å². The van der Waals surface area contributed by atoms with E-state index in [4.69, 9.17) is 25.6 Å². The highest BCUT2D eigenvalue weighted by Gasteiger charge is 2.13. The van der Waals surface area contributed by atoms with E-state index >= 15 is 0 Å². The highest BCUT2D eigenvalue weighted by atomic mass is 35.5. The summed E-state index contributed by atoms with van der Waals surface area (Å²) in [5, 5.41) is 7.36. The number of aromatic nitrogens is 2. The van der Waals surface area contributed by atoms with Gasteiger partial charge < -0.3 is 19.3 Å². The number of methoxy groups -OCH3 is 2. The van der Waals surface area contributed by atoms with Gasteiger partial charge in [0, 0.05) is 29.5 Å². The first-order valence-electron chi connectivity index (χ1n) is 8.19. The molecule has 0 unspecified atom stereocenters. The highest BCUT2D eigenvalue weighted by Crippen LogP contribution is 2.29. The normalized spacial score (nSPS) is 10.5. The number of nitrogens with one attached hydrogen (secondary N) is 1. The van der Waals surface area contributed by atoms with E-state index in [1.807, 2.05) is 0 Å². The quantitative estimate of drug-likeness (QED) is 0.659. The van der Waals surface area contributed by atoms with E-state index in [0.717, 1.165) is 5.56 Å². The molecule has 2 aromatic carbocycles. The Kier molecular flexibility index (Phi) is 5.93. The third-order valence-electron chi connectivity index (χ3n) is 3.82. The molecule has 0 atom stereocenters. The van der Waals surface area contributed by atoms with E-state index < -0.39 is 0 Å². The maximum Gasteiger partial charge on any atom is 0.227 e. The molecule has 0 fully saturated rings. The van der Waals surface area contributed by atoms with Gasteiger partial charge in [-0.1, -0.05) is 16.8 Å². The minimum Gasteiger partial charge on any atom is -0.497 e. The summed E-state index contributed by atoms with van der Waals surface area (Å²) in [5.41, 5.74) is 1.33. The molecule has 7 nitrogen and oxygen atoms in total. The number of rotatable bonds is 7. The van der Waals surface area contributed by atoms with E-state index in [1.165, 1.54) is 7.11 Å². The third-order valence-corrected chi connectivity index (χ3v) is 4.07. The monoisotopic (exact) mass is 387 g/mol. The first-order valence-corrected chi connectivity index (χ1v) is 8.57. The molecule has 140 valence electrons. The van der Waals surface area contributed by atoms with Crippen LogP contribution < -0.4 is 14.8 Å². The van der Waals surface area contributed by atoms with Gasteiger partial charge in [0.1, 0.15) is 11.5 Å². The van der Waals surface area contributed by atoms with Gasteiger partial charge >= 0.3 is 0 Å². The minimum atomic E-state index is -0.201. The fraction of sp³-hybridized carbons (Fsp3) is 0.211. The first kappa shape index (κ1) is 18.7. The number of benzene rings is 2. The van der Waals surface area contributed by atoms with Gasteiger partial charge in [0.2, 0.25) is 17.6 Å². The molecule has 3 aromatic rings. The predicted molar refractivity (Wildman–Crippen MR) is 101 cm³/mol. The molecular weight excluding hydrogens is 370 g/mol. The molecule has 1 aromatic heterocycles. The molecule has 0 bridgehead atoms. The molecule has 1 N–H and O–H groups in total. The fourth-order valence-electron chi connectivity index (χ4n) is 2.42. The number of carbonyl (C=O) groups is 1. The summed E-state index contributed by atoms with van der Waals surface area (Å²) in [5.74, 6) is 1.81. The van der Waals surface area contributed by atoms with Crippen molar-refractivity contribution < 1.29 is 18.8 Å². The molecule has 0 aliphatic carbocycles. The maximum absolute atomic E-state index is 12.3. The van der Waals surface area contributed by atoms with Crippen LogP contribution in [0.15, 0.2) is 47.0 Å². The van der Waals surface area contributed by atoms with Crippen molar-refractivity contribution in [1.82, 2.24) is 10.1 Å². The number of amides is 1. The van der Waals surface area contributed by atoms with E-state index in [1.54, 1.807) is 49.6 Å². The number of halogens is 1. The molecule has 0 saturated heterocycles. The lowest BCUT2D eigenvalue weighted by molar-refractivity contribution is -0.116. The Hall–Kier alpha value is -3.06. The van der Waals surface area contributed by atoms with Gasteiger partial charge in [-0.15, -0.1) is 0 Å². The van der Waals surface area contributed by atoms with Gasteiger partial charge in [0.15, 0.2) is 0 Å². The van der Waals surface area contributed by atoms with Crippen molar-refractivity contribution >= 4 is 23.2 Å². The number of anilines is 1. The zero-order valence-electron chi connectivity index (χ0n) is 14.9. The summed E-state index contributed by atoms with van der Waals surface area (Å²) in [6.45, 7) is 0. The van der Waals surface area contributed by atoms with E-state index in [-0.39, 0.29) is 12.3 Å². The van der Waals surface area contributed by atoms with Crippen LogP contribution in [0, 0.1) is 0 Å². The third kappa shape index (κ3) is 4.77. The standard InChI is InChI=1S/C19H18ClN3O4/c1-25-14-7-8-16(26-2)15(11-14)21-17(24)9-10-18-22-19(23-27-18)12-3-5-13(20)6-4-12/h3-8,11H,9-10H2,1-2H3,(H,21,24). The Morgan fingerprint density at radius 1 is 1.15 bits per heavy atom. The Morgan fingerprint density at radius 3 is 2.63 bits per heavy atom. The molecule has 1 heterocycles. The Bertz CT molecular complexity index is 925. The van der Waals surface area contributed by atoms with Gasteiger partial charge in [-0.3, -0.25) is 4.79 Å². The smallest absolute Gasteiger partial charge is 0.227 e. The number of nitrogens with zero attached hydrogens (tertiary/aromatic N) is 2. The number of carbonyl (C=O) groups excluding carboxylic acids is 1. The summed E-state index contributed by atoms with van der Waals surface area (Å²) in [6, 6.07) is 12.3. The van der Waals surface area contributed by atoms with E-state index in [9.17, 15) is 4.79 Å². The number of hydrogen-bond acceptors (Lipinski definition) is 6. The van der Waals surface area contributed by atoms with Crippen LogP contribution in [0.5, 0.6) is 11.5 Å². The van der Waals surface area contributed by atoms with Crippen molar-refractivity contribution in [2.24, 2.45) is 0 Å². The van der Waals surface area contributed by atoms with Crippen molar-refractivity contribution in [3.63, 3.8) is 0 Å². The van der Waals surface area contributed by atoms with Gasteiger partial charge in [-0.05, 0) is 36.4 Å². The zero-order chi connectivity index (χ0) is 19.2. The lowest BCUT2D eigenvalue weighted by atomic mass is 10.2. The van der Waals surface area contributed by atoms with Crippen LogP contribution in [-0.2, 0) is 11.2 Å². The van der Waals surface area contributed by atoms with E-state index in [2.05, 4.69) is 15.5 Å². The first-order chi connectivity index (χ1) is 13.1. The average Bonchev–Trinajstić information content (AvgIpc) is 3.16. The molecular formula is C19H18ClN3O4. The summed E-state index contributed by atoms with van der Waals surface area (Å²) in [7, 11) is 3.09. The SMILES string of the molecule is COc1ccc(OC)c(NC(=O)CCc2nc(-c3ccc(Cl)cc3)no2)c1. The highest BCUT2D eigenvalue weighted by molar-refractivity contribution is 6.30. The summed E-state index contributed by atoms with van der Waals surface area (Å²) < 4.78 is 15.6. The Morgan fingerprint density at radius 2 is 1.93 bits per heavy atom. The molecule has 0 saturated carbocycles. The van der Waals surface area contributed by atoms with Crippen molar-refractivity contribution in [2.75, 3.05) is 19.5 Å². The summed E-state index contributed by atoms with van der Waals surface area (Å²) in [4.78, 5) is 16.6. The van der Waals surface area contributed by atoms with E-state index in [0.29, 0.717) is 40.3 Å². The lowest BCUT2D eigenvalue weighted by Gasteiger charge is -2.11. The van der Waals surface area contributed by atoms with Gasteiger partial charge in [0.25, 0.3) is 0 Å². The fourth-order valence-corrected chi connectivity index (χ4v) is 2.54. The minimum absolute atomic E-state index is 0.183. The molecule has 0 aliphatic rings. The summed E-state index contributed by atoms with van der Waals surface area (Å²) in [6.07, 6.45) is 0.501. The predicted octanol–water partition coefficient (Wildman–Crippen LogP) is 3.98.